The summed E-state index contributed by atoms with van der Waals surface area (Å²) in [7, 11) is 0. The van der Waals surface area contributed by atoms with Gasteiger partial charge < -0.3 is 4.74 Å². The van der Waals surface area contributed by atoms with Crippen LogP contribution in [0.3, 0.4) is 0 Å². The van der Waals surface area contributed by atoms with Crippen LogP contribution in [-0.4, -0.2) is 15.9 Å². The Bertz CT molecular complexity index is 575. The molecule has 1 aromatic heterocycles. The highest BCUT2D eigenvalue weighted by atomic mass is 16.5. The first kappa shape index (κ1) is 10.2. The first-order valence-corrected chi connectivity index (χ1v) is 6.58. The SMILES string of the molecule is [2H]c1cc(-c2cccc(OC3CCC3)c2)n(CC)n1. The van der Waals surface area contributed by atoms with Crippen molar-refractivity contribution < 1.29 is 6.11 Å². The Hall–Kier alpha value is -1.77. The van der Waals surface area contributed by atoms with Crippen LogP contribution in [0.4, 0.5) is 0 Å². The molecule has 3 nitrogen and oxygen atoms in total. The zero-order chi connectivity index (χ0) is 13.2. The van der Waals surface area contributed by atoms with E-state index in [2.05, 4.69) is 5.10 Å². The van der Waals surface area contributed by atoms with Crippen LogP contribution >= 0.6 is 0 Å². The third-order valence-corrected chi connectivity index (χ3v) is 3.44. The molecule has 1 aliphatic rings. The summed E-state index contributed by atoms with van der Waals surface area (Å²) in [5.74, 6) is 0.914. The number of aryl methyl sites for hydroxylation is 1. The Morgan fingerprint density at radius 2 is 2.33 bits per heavy atom. The van der Waals surface area contributed by atoms with Crippen LogP contribution in [0.25, 0.3) is 11.3 Å². The molecule has 94 valence electrons. The molecule has 2 aromatic rings. The number of nitrogens with zero attached hydrogens (tertiary/aromatic N) is 2. The number of hydrogen-bond donors (Lipinski definition) is 0. The maximum Gasteiger partial charge on any atom is 0.120 e. The molecule has 0 N–H and O–H groups in total. The first-order chi connectivity index (χ1) is 9.26. The molecule has 18 heavy (non-hydrogen) atoms. The lowest BCUT2D eigenvalue weighted by atomic mass is 9.96. The molecule has 1 saturated carbocycles. The van der Waals surface area contributed by atoms with Crippen LogP contribution < -0.4 is 4.74 Å². The number of benzene rings is 1. The van der Waals surface area contributed by atoms with E-state index < -0.39 is 0 Å². The topological polar surface area (TPSA) is 27.1 Å². The maximum absolute atomic E-state index is 7.65. The van der Waals surface area contributed by atoms with E-state index in [0.717, 1.165) is 36.4 Å². The lowest BCUT2D eigenvalue weighted by molar-refractivity contribution is 0.120. The normalized spacial score (nSPS) is 16.2. The van der Waals surface area contributed by atoms with Gasteiger partial charge in [-0.25, -0.2) is 0 Å². The van der Waals surface area contributed by atoms with Gasteiger partial charge in [0, 0.05) is 18.3 Å². The number of rotatable bonds is 4. The summed E-state index contributed by atoms with van der Waals surface area (Å²) in [4.78, 5) is 0. The van der Waals surface area contributed by atoms with Gasteiger partial charge in [-0.1, -0.05) is 12.1 Å². The molecule has 1 aromatic carbocycles. The maximum atomic E-state index is 7.65. The van der Waals surface area contributed by atoms with Crippen molar-refractivity contribution in [1.82, 2.24) is 9.78 Å². The molecule has 1 fully saturated rings. The fourth-order valence-electron chi connectivity index (χ4n) is 2.17. The molecule has 1 heterocycles. The highest BCUT2D eigenvalue weighted by Gasteiger charge is 2.19. The Labute approximate surface area is 109 Å². The van der Waals surface area contributed by atoms with Gasteiger partial charge in [0.05, 0.1) is 13.2 Å². The number of hydrogen-bond acceptors (Lipinski definition) is 2. The largest absolute Gasteiger partial charge is 0.490 e. The molecule has 0 aliphatic heterocycles. The molecule has 0 unspecified atom stereocenters. The van der Waals surface area contributed by atoms with Gasteiger partial charge in [-0.2, -0.15) is 5.10 Å². The van der Waals surface area contributed by atoms with Crippen molar-refractivity contribution in [1.29, 1.82) is 0 Å². The van der Waals surface area contributed by atoms with E-state index in [-0.39, 0.29) is 0 Å². The lowest BCUT2D eigenvalue weighted by Crippen LogP contribution is -2.24. The minimum Gasteiger partial charge on any atom is -0.490 e. The average molecular weight is 243 g/mol. The third-order valence-electron chi connectivity index (χ3n) is 3.44. The van der Waals surface area contributed by atoms with Crippen LogP contribution in [0, 0.1) is 0 Å². The quantitative estimate of drug-likeness (QED) is 0.821. The van der Waals surface area contributed by atoms with E-state index >= 15 is 0 Å². The van der Waals surface area contributed by atoms with Crippen molar-refractivity contribution in [2.45, 2.75) is 38.8 Å². The summed E-state index contributed by atoms with van der Waals surface area (Å²) in [6.45, 7) is 2.80. The molecule has 0 amide bonds. The highest BCUT2D eigenvalue weighted by molar-refractivity contribution is 5.61. The fourth-order valence-corrected chi connectivity index (χ4v) is 2.17. The fraction of sp³-hybridized carbons (Fsp3) is 0.400. The number of ether oxygens (including phenoxy) is 1. The van der Waals surface area contributed by atoms with E-state index in [4.69, 9.17) is 6.11 Å². The zero-order valence-corrected chi connectivity index (χ0v) is 10.6. The van der Waals surface area contributed by atoms with E-state index in [1.165, 1.54) is 6.42 Å². The third kappa shape index (κ3) is 2.13. The van der Waals surface area contributed by atoms with Gasteiger partial charge in [0.1, 0.15) is 5.75 Å². The van der Waals surface area contributed by atoms with E-state index in [1.807, 2.05) is 35.9 Å². The predicted octanol–water partition coefficient (Wildman–Crippen LogP) is 3.50. The van der Waals surface area contributed by atoms with Gasteiger partial charge in [-0.15, -0.1) is 0 Å². The second-order valence-electron chi connectivity index (χ2n) is 4.67. The smallest absolute Gasteiger partial charge is 0.120 e. The number of aromatic nitrogens is 2. The van der Waals surface area contributed by atoms with Crippen LogP contribution in [0.5, 0.6) is 5.75 Å². The van der Waals surface area contributed by atoms with E-state index in [1.54, 1.807) is 6.07 Å². The van der Waals surface area contributed by atoms with Crippen LogP contribution in [0.1, 0.15) is 27.6 Å². The molecule has 0 spiro atoms. The van der Waals surface area contributed by atoms with Crippen LogP contribution in [0.2, 0.25) is 0 Å². The Kier molecular flexibility index (Phi) is 2.74. The minimum atomic E-state index is 0.308. The van der Waals surface area contributed by atoms with Gasteiger partial charge in [0.25, 0.3) is 0 Å². The molecule has 3 heteroatoms. The summed E-state index contributed by atoms with van der Waals surface area (Å²) in [6.07, 6.45) is 4.29. The standard InChI is InChI=1S/C15H18N2O/c1-2-17-15(9-10-16-17)12-5-3-8-14(11-12)18-13-6-4-7-13/h3,5,8-11,13H,2,4,6-7H2,1H3/i10D. The van der Waals surface area contributed by atoms with Crippen molar-refractivity contribution in [3.05, 3.63) is 36.5 Å². The highest BCUT2D eigenvalue weighted by Crippen LogP contribution is 2.28. The van der Waals surface area contributed by atoms with Gasteiger partial charge in [-0.3, -0.25) is 4.68 Å². The lowest BCUT2D eigenvalue weighted by Gasteiger charge is -2.26. The predicted molar refractivity (Wildman–Crippen MR) is 71.6 cm³/mol. The van der Waals surface area contributed by atoms with Gasteiger partial charge in [-0.05, 0) is 44.4 Å². The molecule has 0 atom stereocenters. The van der Waals surface area contributed by atoms with Crippen molar-refractivity contribution in [2.75, 3.05) is 0 Å². The van der Waals surface area contributed by atoms with E-state index in [9.17, 15) is 0 Å². The summed E-state index contributed by atoms with van der Waals surface area (Å²) in [5, 5.41) is 4.17. The Balaban J connectivity index is 1.88. The Morgan fingerprint density at radius 3 is 3.06 bits per heavy atom. The molecule has 3 rings (SSSR count). The molecular formula is C15H18N2O. The first-order valence-electron chi connectivity index (χ1n) is 7.08. The van der Waals surface area contributed by atoms with Gasteiger partial charge in [0.15, 0.2) is 0 Å². The van der Waals surface area contributed by atoms with Crippen molar-refractivity contribution in [3.63, 3.8) is 0 Å². The molecule has 0 radical (unpaired) electrons. The molecule has 0 bridgehead atoms. The van der Waals surface area contributed by atoms with Gasteiger partial charge >= 0.3 is 0 Å². The summed E-state index contributed by atoms with van der Waals surface area (Å²) < 4.78 is 15.4. The second kappa shape index (κ2) is 4.84. The van der Waals surface area contributed by atoms with Crippen molar-refractivity contribution in [2.24, 2.45) is 0 Å². The summed E-state index contributed by atoms with van der Waals surface area (Å²) >= 11 is 0. The van der Waals surface area contributed by atoms with Crippen molar-refractivity contribution >= 4 is 0 Å². The van der Waals surface area contributed by atoms with Gasteiger partial charge in [0.2, 0.25) is 0 Å². The molecular weight excluding hydrogens is 224 g/mol. The Morgan fingerprint density at radius 1 is 1.44 bits per heavy atom. The van der Waals surface area contributed by atoms with Crippen LogP contribution in [-0.2, 0) is 6.54 Å². The van der Waals surface area contributed by atoms with Crippen molar-refractivity contribution in [3.8, 4) is 17.0 Å². The summed E-state index contributed by atoms with van der Waals surface area (Å²) in [5.41, 5.74) is 2.04. The molecule has 1 aliphatic carbocycles. The van der Waals surface area contributed by atoms with Crippen LogP contribution in [0.15, 0.2) is 36.5 Å². The molecule has 0 saturated heterocycles. The second-order valence-corrected chi connectivity index (χ2v) is 4.67. The average Bonchev–Trinajstić information content (AvgIpc) is 2.76. The van der Waals surface area contributed by atoms with E-state index in [0.29, 0.717) is 12.3 Å². The summed E-state index contributed by atoms with van der Waals surface area (Å²) in [6, 6.07) is 9.87. The monoisotopic (exact) mass is 243 g/mol. The zero-order valence-electron chi connectivity index (χ0n) is 11.6. The minimum absolute atomic E-state index is 0.308.